The molecular formula is C34H39FN4O3. The Morgan fingerprint density at radius 3 is 2.64 bits per heavy atom. The lowest BCUT2D eigenvalue weighted by atomic mass is 9.76. The standard InChI is InChI=1S/C34H39FN4O3/c1-33(41)13-6-17-39(20-33)31-26-12-11-25(27-19-23(40)18-22-8-3-4-9-24(22)27)29(35)30(26)36-32(37-31)42-21-34-14-5-10-28(34)38(2)16-7-15-34/h3-4,8-9,11-12,18-19,28,40-41H,5-7,10,13-17,20-21H2,1-2H3/t28-,33-,34-/m1/s1. The number of hydrogen-bond acceptors (Lipinski definition) is 7. The molecule has 3 aromatic carbocycles. The molecule has 7 rings (SSSR count). The largest absolute Gasteiger partial charge is 0.508 e. The second-order valence-corrected chi connectivity index (χ2v) is 13.0. The zero-order valence-corrected chi connectivity index (χ0v) is 24.4. The van der Waals surface area contributed by atoms with Gasteiger partial charge in [0.2, 0.25) is 0 Å². The maximum atomic E-state index is 16.7. The molecule has 8 heteroatoms. The lowest BCUT2D eigenvalue weighted by molar-refractivity contribution is 0.0132. The average molecular weight is 571 g/mol. The molecule has 42 heavy (non-hydrogen) atoms. The van der Waals surface area contributed by atoms with E-state index < -0.39 is 11.4 Å². The van der Waals surface area contributed by atoms with Crippen molar-refractivity contribution in [1.29, 1.82) is 0 Å². The number of benzene rings is 3. The highest BCUT2D eigenvalue weighted by molar-refractivity contribution is 6.01. The minimum absolute atomic E-state index is 0.0567. The third-order valence-corrected chi connectivity index (χ3v) is 9.94. The first-order valence-electron chi connectivity index (χ1n) is 15.3. The summed E-state index contributed by atoms with van der Waals surface area (Å²) in [6.07, 6.45) is 7.22. The number of likely N-dealkylation sites (tertiary alicyclic amines) is 1. The molecule has 0 unspecified atom stereocenters. The van der Waals surface area contributed by atoms with Crippen molar-refractivity contribution >= 4 is 27.5 Å². The first-order chi connectivity index (χ1) is 20.2. The molecule has 0 spiro atoms. The number of phenolic OH excluding ortho intramolecular Hbond substituents is 1. The first-order valence-corrected chi connectivity index (χ1v) is 15.3. The summed E-state index contributed by atoms with van der Waals surface area (Å²) in [5.41, 5.74) is 0.344. The highest BCUT2D eigenvalue weighted by atomic mass is 19.1. The number of hydrogen-bond donors (Lipinski definition) is 2. The molecule has 1 aromatic heterocycles. The molecule has 220 valence electrons. The van der Waals surface area contributed by atoms with Crippen LogP contribution in [0.1, 0.15) is 51.9 Å². The van der Waals surface area contributed by atoms with E-state index in [2.05, 4.69) is 11.9 Å². The molecule has 1 saturated carbocycles. The van der Waals surface area contributed by atoms with Gasteiger partial charge in [0.25, 0.3) is 0 Å². The normalized spacial score (nSPS) is 26.6. The molecule has 0 radical (unpaired) electrons. The third kappa shape index (κ3) is 4.74. The number of fused-ring (bicyclic) bond motifs is 3. The Kier molecular flexibility index (Phi) is 6.74. The fourth-order valence-corrected chi connectivity index (χ4v) is 7.94. The van der Waals surface area contributed by atoms with Gasteiger partial charge in [-0.25, -0.2) is 4.39 Å². The number of rotatable bonds is 5. The van der Waals surface area contributed by atoms with Crippen LogP contribution in [0.5, 0.6) is 11.8 Å². The van der Waals surface area contributed by atoms with Gasteiger partial charge < -0.3 is 24.7 Å². The van der Waals surface area contributed by atoms with Crippen LogP contribution in [-0.2, 0) is 0 Å². The Balaban J connectivity index is 1.34. The molecule has 2 aliphatic heterocycles. The van der Waals surface area contributed by atoms with Crippen LogP contribution in [0.2, 0.25) is 0 Å². The van der Waals surface area contributed by atoms with Gasteiger partial charge in [-0.2, -0.15) is 9.97 Å². The van der Waals surface area contributed by atoms with Gasteiger partial charge >= 0.3 is 6.01 Å². The SMILES string of the molecule is CN1CCC[C@@]2(COc3nc(N4CCC[C@@](C)(O)C4)c4ccc(-c5cc(O)cc6ccccc56)c(F)c4n3)CCC[C@@H]12. The predicted octanol–water partition coefficient (Wildman–Crippen LogP) is 6.29. The van der Waals surface area contributed by atoms with Crippen LogP contribution in [0.3, 0.4) is 0 Å². The minimum Gasteiger partial charge on any atom is -0.508 e. The zero-order chi connectivity index (χ0) is 29.1. The second kappa shape index (κ2) is 10.3. The van der Waals surface area contributed by atoms with Crippen LogP contribution in [-0.4, -0.2) is 70.0 Å². The summed E-state index contributed by atoms with van der Waals surface area (Å²) in [5.74, 6) is 0.186. The number of ether oxygens (including phenoxy) is 1. The minimum atomic E-state index is -0.863. The van der Waals surface area contributed by atoms with Crippen LogP contribution in [0.4, 0.5) is 10.2 Å². The van der Waals surface area contributed by atoms with Crippen molar-refractivity contribution in [2.45, 2.75) is 63.5 Å². The Bertz CT molecular complexity index is 1660. The molecule has 3 fully saturated rings. The summed E-state index contributed by atoms with van der Waals surface area (Å²) in [7, 11) is 2.21. The van der Waals surface area contributed by atoms with Crippen LogP contribution in [0, 0.1) is 11.2 Å². The zero-order valence-electron chi connectivity index (χ0n) is 24.4. The molecule has 7 nitrogen and oxygen atoms in total. The Morgan fingerprint density at radius 2 is 1.79 bits per heavy atom. The highest BCUT2D eigenvalue weighted by Crippen LogP contribution is 2.47. The molecule has 2 saturated heterocycles. The fraction of sp³-hybridized carbons (Fsp3) is 0.471. The second-order valence-electron chi connectivity index (χ2n) is 13.0. The van der Waals surface area contributed by atoms with Crippen LogP contribution < -0.4 is 9.64 Å². The Labute approximate surface area is 245 Å². The lowest BCUT2D eigenvalue weighted by Crippen LogP contribution is -2.50. The van der Waals surface area contributed by atoms with Crippen LogP contribution in [0.15, 0.2) is 48.5 Å². The van der Waals surface area contributed by atoms with Gasteiger partial charge in [-0.05, 0) is 93.6 Å². The number of phenols is 1. The van der Waals surface area contributed by atoms with Crippen LogP contribution >= 0.6 is 0 Å². The van der Waals surface area contributed by atoms with E-state index in [1.165, 1.54) is 12.8 Å². The van der Waals surface area contributed by atoms with Gasteiger partial charge in [-0.3, -0.25) is 0 Å². The molecule has 4 aromatic rings. The molecule has 0 bridgehead atoms. The van der Waals surface area contributed by atoms with E-state index in [-0.39, 0.29) is 22.7 Å². The summed E-state index contributed by atoms with van der Waals surface area (Å²) in [5, 5.41) is 23.6. The number of aliphatic hydroxyl groups is 1. The van der Waals surface area contributed by atoms with E-state index in [4.69, 9.17) is 14.7 Å². The van der Waals surface area contributed by atoms with Crippen LogP contribution in [0.25, 0.3) is 32.8 Å². The van der Waals surface area contributed by atoms with Crippen molar-refractivity contribution in [3.8, 4) is 22.9 Å². The van der Waals surface area contributed by atoms with E-state index in [1.807, 2.05) is 42.2 Å². The number of halogens is 1. The van der Waals surface area contributed by atoms with E-state index in [9.17, 15) is 10.2 Å². The van der Waals surface area contributed by atoms with Crippen molar-refractivity contribution in [3.63, 3.8) is 0 Å². The number of aromatic nitrogens is 2. The van der Waals surface area contributed by atoms with Crippen molar-refractivity contribution in [2.75, 3.05) is 38.2 Å². The van der Waals surface area contributed by atoms with Crippen molar-refractivity contribution in [1.82, 2.24) is 14.9 Å². The lowest BCUT2D eigenvalue weighted by Gasteiger charge is -2.44. The summed E-state index contributed by atoms with van der Waals surface area (Å²) in [6, 6.07) is 15.2. The molecule has 2 N–H and O–H groups in total. The molecule has 3 heterocycles. The van der Waals surface area contributed by atoms with E-state index >= 15 is 4.39 Å². The molecule has 3 aliphatic rings. The smallest absolute Gasteiger partial charge is 0.319 e. The highest BCUT2D eigenvalue weighted by Gasteiger charge is 2.47. The summed E-state index contributed by atoms with van der Waals surface area (Å²) in [6.45, 7) is 4.55. The van der Waals surface area contributed by atoms with Crippen molar-refractivity contribution in [2.24, 2.45) is 5.41 Å². The maximum Gasteiger partial charge on any atom is 0.319 e. The molecule has 3 atom stereocenters. The first kappa shape index (κ1) is 27.3. The van der Waals surface area contributed by atoms with Gasteiger partial charge in [0.1, 0.15) is 17.1 Å². The van der Waals surface area contributed by atoms with Gasteiger partial charge in [0, 0.05) is 35.5 Å². The molecule has 1 aliphatic carbocycles. The quantitative estimate of drug-likeness (QED) is 0.292. The number of nitrogens with zero attached hydrogens (tertiary/aromatic N) is 4. The monoisotopic (exact) mass is 570 g/mol. The van der Waals surface area contributed by atoms with E-state index in [1.54, 1.807) is 18.2 Å². The van der Waals surface area contributed by atoms with Crippen molar-refractivity contribution < 1.29 is 19.3 Å². The predicted molar refractivity (Wildman–Crippen MR) is 164 cm³/mol. The van der Waals surface area contributed by atoms with Gasteiger partial charge in [-0.15, -0.1) is 0 Å². The van der Waals surface area contributed by atoms with Gasteiger partial charge in [0.15, 0.2) is 5.82 Å². The topological polar surface area (TPSA) is 82.0 Å². The number of aromatic hydroxyl groups is 1. The fourth-order valence-electron chi connectivity index (χ4n) is 7.94. The Morgan fingerprint density at radius 1 is 0.976 bits per heavy atom. The van der Waals surface area contributed by atoms with Gasteiger partial charge in [0.05, 0.1) is 12.2 Å². The van der Waals surface area contributed by atoms with Gasteiger partial charge in [-0.1, -0.05) is 36.8 Å². The molecule has 0 amide bonds. The van der Waals surface area contributed by atoms with Crippen molar-refractivity contribution in [3.05, 3.63) is 54.3 Å². The number of β-amino-alcohol motifs (C(OH)–C–C–N with tert-alkyl or cyclic N) is 1. The molecular weight excluding hydrogens is 531 g/mol. The Hall–Kier alpha value is -3.49. The third-order valence-electron chi connectivity index (χ3n) is 9.94. The summed E-state index contributed by atoms with van der Waals surface area (Å²) < 4.78 is 23.1. The maximum absolute atomic E-state index is 16.7. The average Bonchev–Trinajstić information content (AvgIpc) is 3.41. The number of piperidine rings is 2. The van der Waals surface area contributed by atoms with E-state index in [0.29, 0.717) is 54.5 Å². The van der Waals surface area contributed by atoms with E-state index in [0.717, 1.165) is 43.0 Å². The summed E-state index contributed by atoms with van der Waals surface area (Å²) >= 11 is 0. The number of anilines is 1. The summed E-state index contributed by atoms with van der Waals surface area (Å²) in [4.78, 5) is 14.1.